The highest BCUT2D eigenvalue weighted by atomic mass is 35.5. The molecule has 1 aromatic heterocycles. The van der Waals surface area contributed by atoms with Gasteiger partial charge in [-0.2, -0.15) is 13.2 Å². The van der Waals surface area contributed by atoms with Crippen molar-refractivity contribution in [1.29, 1.82) is 0 Å². The molecule has 112 valence electrons. The Bertz CT molecular complexity index is 492. The van der Waals surface area contributed by atoms with Crippen molar-refractivity contribution in [3.8, 4) is 0 Å². The molecule has 3 unspecified atom stereocenters. The molecule has 1 aliphatic rings. The first-order chi connectivity index (χ1) is 9.18. The van der Waals surface area contributed by atoms with E-state index < -0.39 is 11.9 Å². The minimum atomic E-state index is -4.52. The van der Waals surface area contributed by atoms with E-state index in [2.05, 4.69) is 23.8 Å². The first-order valence-corrected chi connectivity index (χ1v) is 6.94. The lowest BCUT2D eigenvalue weighted by molar-refractivity contribution is -0.141. The van der Waals surface area contributed by atoms with Crippen LogP contribution in [-0.4, -0.2) is 22.6 Å². The van der Waals surface area contributed by atoms with Crippen molar-refractivity contribution in [3.05, 3.63) is 17.0 Å². The van der Waals surface area contributed by atoms with Gasteiger partial charge in [0.25, 0.3) is 0 Å². The maximum Gasteiger partial charge on any atom is 0.433 e. The van der Waals surface area contributed by atoms with Gasteiger partial charge in [-0.3, -0.25) is 0 Å². The van der Waals surface area contributed by atoms with E-state index in [0.29, 0.717) is 18.4 Å². The fraction of sp³-hybridized carbons (Fsp3) is 0.692. The van der Waals surface area contributed by atoms with Gasteiger partial charge in [-0.15, -0.1) is 0 Å². The largest absolute Gasteiger partial charge is 0.433 e. The van der Waals surface area contributed by atoms with Crippen molar-refractivity contribution in [3.63, 3.8) is 0 Å². The highest BCUT2D eigenvalue weighted by molar-refractivity contribution is 6.28. The number of anilines is 1. The summed E-state index contributed by atoms with van der Waals surface area (Å²) in [5, 5.41) is -0.368. The van der Waals surface area contributed by atoms with Crippen molar-refractivity contribution in [2.75, 3.05) is 11.4 Å². The predicted molar refractivity (Wildman–Crippen MR) is 71.8 cm³/mol. The molecular formula is C13H17ClF3N3. The monoisotopic (exact) mass is 307 g/mol. The lowest BCUT2D eigenvalue weighted by Gasteiger charge is -2.42. The summed E-state index contributed by atoms with van der Waals surface area (Å²) >= 11 is 5.65. The zero-order chi connectivity index (χ0) is 15.1. The van der Waals surface area contributed by atoms with Crippen molar-refractivity contribution < 1.29 is 13.2 Å². The molecule has 3 nitrogen and oxygen atoms in total. The summed E-state index contributed by atoms with van der Waals surface area (Å²) in [5.41, 5.74) is -0.995. The van der Waals surface area contributed by atoms with Crippen molar-refractivity contribution >= 4 is 17.4 Å². The molecule has 0 N–H and O–H groups in total. The van der Waals surface area contributed by atoms with Gasteiger partial charge >= 0.3 is 6.18 Å². The number of hydrogen-bond acceptors (Lipinski definition) is 3. The van der Waals surface area contributed by atoms with Crippen LogP contribution in [0.5, 0.6) is 0 Å². The van der Waals surface area contributed by atoms with Crippen LogP contribution in [0.3, 0.4) is 0 Å². The summed E-state index contributed by atoms with van der Waals surface area (Å²) in [6, 6.07) is 1.10. The summed E-state index contributed by atoms with van der Waals surface area (Å²) in [5.74, 6) is 1.05. The Morgan fingerprint density at radius 1 is 1.25 bits per heavy atom. The summed E-state index contributed by atoms with van der Waals surface area (Å²) in [6.07, 6.45) is -3.46. The summed E-state index contributed by atoms with van der Waals surface area (Å²) in [6.45, 7) is 6.86. The Hall–Kier alpha value is -1.04. The standard InChI is InChI=1S/C13H17ClF3N3/c1-7-4-8(2)9(3)20(6-7)11-5-10(13(15,16)17)18-12(14)19-11/h5,7-9H,4,6H2,1-3H3. The number of rotatable bonds is 1. The molecule has 20 heavy (non-hydrogen) atoms. The van der Waals surface area contributed by atoms with Crippen LogP contribution < -0.4 is 4.90 Å². The first-order valence-electron chi connectivity index (χ1n) is 6.57. The lowest BCUT2D eigenvalue weighted by atomic mass is 9.86. The second-order valence-corrected chi connectivity index (χ2v) is 5.93. The molecule has 0 amide bonds. The second-order valence-electron chi connectivity index (χ2n) is 5.59. The Morgan fingerprint density at radius 2 is 1.90 bits per heavy atom. The molecule has 3 atom stereocenters. The molecule has 0 aliphatic carbocycles. The van der Waals surface area contributed by atoms with Gasteiger partial charge in [0.15, 0.2) is 5.69 Å². The molecular weight excluding hydrogens is 291 g/mol. The molecule has 2 rings (SSSR count). The van der Waals surface area contributed by atoms with E-state index >= 15 is 0 Å². The SMILES string of the molecule is CC1CC(C)C(C)N(c2cc(C(F)(F)F)nc(Cl)n2)C1. The minimum Gasteiger partial charge on any atom is -0.353 e. The van der Waals surface area contributed by atoms with E-state index in [9.17, 15) is 13.2 Å². The van der Waals surface area contributed by atoms with E-state index in [-0.39, 0.29) is 17.1 Å². The normalized spacial score (nSPS) is 27.8. The van der Waals surface area contributed by atoms with E-state index in [1.54, 1.807) is 0 Å². The predicted octanol–water partition coefficient (Wildman–Crippen LogP) is 4.02. The van der Waals surface area contributed by atoms with Crippen LogP contribution in [0.1, 0.15) is 32.9 Å². The Balaban J connectivity index is 2.39. The average molecular weight is 308 g/mol. The van der Waals surface area contributed by atoms with Crippen LogP contribution in [0, 0.1) is 11.8 Å². The molecule has 1 aromatic rings. The van der Waals surface area contributed by atoms with Gasteiger partial charge in [0, 0.05) is 18.7 Å². The number of aromatic nitrogens is 2. The average Bonchev–Trinajstić information content (AvgIpc) is 2.32. The van der Waals surface area contributed by atoms with E-state index in [0.717, 1.165) is 12.5 Å². The first kappa shape index (κ1) is 15.4. The van der Waals surface area contributed by atoms with Crippen molar-refractivity contribution in [2.45, 2.75) is 39.4 Å². The number of alkyl halides is 3. The van der Waals surface area contributed by atoms with E-state index in [1.165, 1.54) is 0 Å². The van der Waals surface area contributed by atoms with Gasteiger partial charge < -0.3 is 4.90 Å². The van der Waals surface area contributed by atoms with Crippen LogP contribution in [0.25, 0.3) is 0 Å². The third-order valence-electron chi connectivity index (χ3n) is 3.87. The summed E-state index contributed by atoms with van der Waals surface area (Å²) < 4.78 is 38.4. The Kier molecular flexibility index (Phi) is 4.14. The lowest BCUT2D eigenvalue weighted by Crippen LogP contribution is -2.46. The van der Waals surface area contributed by atoms with Gasteiger partial charge in [0.05, 0.1) is 0 Å². The second kappa shape index (κ2) is 5.39. The number of hydrogen-bond donors (Lipinski definition) is 0. The zero-order valence-electron chi connectivity index (χ0n) is 11.6. The number of nitrogens with zero attached hydrogens (tertiary/aromatic N) is 3. The molecule has 7 heteroatoms. The van der Waals surface area contributed by atoms with Crippen LogP contribution in [0.2, 0.25) is 5.28 Å². The minimum absolute atomic E-state index is 0.123. The van der Waals surface area contributed by atoms with Gasteiger partial charge in [-0.05, 0) is 36.8 Å². The molecule has 1 saturated heterocycles. The summed E-state index contributed by atoms with van der Waals surface area (Å²) in [4.78, 5) is 9.13. The van der Waals surface area contributed by atoms with Crippen molar-refractivity contribution in [1.82, 2.24) is 9.97 Å². The molecule has 0 aromatic carbocycles. The molecule has 0 bridgehead atoms. The van der Waals surface area contributed by atoms with E-state index in [1.807, 2.05) is 11.8 Å². The molecule has 0 spiro atoms. The van der Waals surface area contributed by atoms with Gasteiger partial charge in [0.2, 0.25) is 5.28 Å². The fourth-order valence-corrected chi connectivity index (χ4v) is 2.89. The molecule has 0 radical (unpaired) electrons. The molecule has 2 heterocycles. The topological polar surface area (TPSA) is 29.0 Å². The van der Waals surface area contributed by atoms with Crippen molar-refractivity contribution in [2.24, 2.45) is 11.8 Å². The molecule has 1 fully saturated rings. The Labute approximate surface area is 121 Å². The third kappa shape index (κ3) is 3.16. The maximum absolute atomic E-state index is 12.8. The Morgan fingerprint density at radius 3 is 2.50 bits per heavy atom. The van der Waals surface area contributed by atoms with E-state index in [4.69, 9.17) is 11.6 Å². The third-order valence-corrected chi connectivity index (χ3v) is 4.04. The van der Waals surface area contributed by atoms with Crippen LogP contribution in [0.15, 0.2) is 6.07 Å². The maximum atomic E-state index is 12.8. The van der Waals surface area contributed by atoms with Gasteiger partial charge in [-0.25, -0.2) is 9.97 Å². The highest BCUT2D eigenvalue weighted by Gasteiger charge is 2.36. The molecule has 1 aliphatic heterocycles. The fourth-order valence-electron chi connectivity index (χ4n) is 2.72. The number of piperidine rings is 1. The summed E-state index contributed by atoms with van der Waals surface area (Å²) in [7, 11) is 0. The quantitative estimate of drug-likeness (QED) is 0.734. The van der Waals surface area contributed by atoms with Crippen LogP contribution >= 0.6 is 11.6 Å². The smallest absolute Gasteiger partial charge is 0.353 e. The molecule has 0 saturated carbocycles. The zero-order valence-corrected chi connectivity index (χ0v) is 12.3. The number of halogens is 4. The highest BCUT2D eigenvalue weighted by Crippen LogP contribution is 2.34. The van der Waals surface area contributed by atoms with Gasteiger partial charge in [-0.1, -0.05) is 13.8 Å². The van der Waals surface area contributed by atoms with Crippen LogP contribution in [0.4, 0.5) is 19.0 Å². The van der Waals surface area contributed by atoms with Crippen LogP contribution in [-0.2, 0) is 6.18 Å². The van der Waals surface area contributed by atoms with Gasteiger partial charge in [0.1, 0.15) is 5.82 Å².